The Hall–Kier alpha value is -2.28. The van der Waals surface area contributed by atoms with Crippen molar-refractivity contribution >= 4 is 11.9 Å². The number of esters is 1. The molecule has 0 amide bonds. The molecule has 34 atom stereocenters. The van der Waals surface area contributed by atoms with Crippen LogP contribution in [0.25, 0.3) is 0 Å². The van der Waals surface area contributed by atoms with Crippen molar-refractivity contribution < 1.29 is 139 Å². The molecule has 5 aliphatic heterocycles. The van der Waals surface area contributed by atoms with Crippen LogP contribution in [0.5, 0.6) is 0 Å². The lowest BCUT2D eigenvalue weighted by atomic mass is 9.33. The average Bonchev–Trinajstić information content (AvgIpc) is 0.681. The first-order valence-corrected chi connectivity index (χ1v) is 31.7. The molecule has 10 rings (SSSR count). The van der Waals surface area contributed by atoms with Crippen LogP contribution in [0.1, 0.15) is 120 Å². The van der Waals surface area contributed by atoms with Crippen LogP contribution >= 0.6 is 0 Å². The molecule has 0 aromatic heterocycles. The number of hydrogen-bond acceptors (Lipinski definition) is 27. The maximum atomic E-state index is 15.3. The first-order valence-electron chi connectivity index (χ1n) is 31.7. The maximum absolute atomic E-state index is 15.3. The lowest BCUT2D eigenvalue weighted by molar-refractivity contribution is -0.375. The molecule has 0 aromatic carbocycles. The van der Waals surface area contributed by atoms with E-state index in [4.69, 9.17) is 47.4 Å². The van der Waals surface area contributed by atoms with Crippen molar-refractivity contribution in [1.82, 2.24) is 0 Å². The van der Waals surface area contributed by atoms with Gasteiger partial charge in [-0.2, -0.15) is 0 Å². The van der Waals surface area contributed by atoms with E-state index in [0.29, 0.717) is 57.8 Å². The number of allylic oxidation sites excluding steroid dienone is 2. The zero-order valence-electron chi connectivity index (χ0n) is 51.8. The van der Waals surface area contributed by atoms with Gasteiger partial charge in [0.05, 0.1) is 50.2 Å². The van der Waals surface area contributed by atoms with Crippen LogP contribution in [0.3, 0.4) is 0 Å². The van der Waals surface area contributed by atoms with E-state index in [9.17, 15) is 86.5 Å². The van der Waals surface area contributed by atoms with Crippen LogP contribution in [0.15, 0.2) is 11.6 Å². The number of carbonyl (C=O) groups excluding carboxylic acids is 1. The first-order chi connectivity index (χ1) is 41.7. The molecule has 5 heterocycles. The number of carboxylic acids is 1. The van der Waals surface area contributed by atoms with Gasteiger partial charge in [-0.3, -0.25) is 4.79 Å². The first kappa shape index (κ1) is 69.5. The minimum Gasteiger partial charge on any atom is -0.479 e. The largest absolute Gasteiger partial charge is 0.479 e. The standard InChI is InChI=1S/C61H98O28/c1-24-34(65)50(83-29(21-63)46(24)86-54-45(76)47(35(66)25(2)81-54)87-51-42(73)38(69)36(67)28(20-62)82-51)80-22-30-37(68)39(70)43(74)52(84-30)89-55(79)61-17-15-56(3,4)19-27(61)26-9-10-32-57(5)13-12-33(85-53-44(75)40(71)41(72)48(88-53)49(77)78)58(6,23-64)31(57)11-14-60(32,8)59(26,7)16-18-61/h9,24-25,27-48,50-54,62-76H,10-23H2,1-8H3,(H,77,78). The SMILES string of the molecule is CC1OC(OC2C(CO)OC(OCC3OC(OC(=O)C45CCC(C)(C)CC4C4=CCC6C7(C)CCC(OC8OC(C(=O)O)C(O)C(O)C8O)C(C)(CO)C7CCC6(C)C4(C)CC5)C(O)C(O)C3O)C(O)C2C)C(O)C(OC2OC(CO)C(O)C(O)C2O)C1O. The van der Waals surface area contributed by atoms with Crippen molar-refractivity contribution in [3.8, 4) is 0 Å². The maximum Gasteiger partial charge on any atom is 0.335 e. The fraction of sp³-hybridized carbons (Fsp3) is 0.934. The van der Waals surface area contributed by atoms with Gasteiger partial charge in [-0.05, 0) is 111 Å². The van der Waals surface area contributed by atoms with E-state index in [1.165, 1.54) is 13.8 Å². The van der Waals surface area contributed by atoms with Crippen molar-refractivity contribution in [3.05, 3.63) is 11.6 Å². The molecule has 89 heavy (non-hydrogen) atoms. The van der Waals surface area contributed by atoms with Crippen molar-refractivity contribution in [2.45, 2.75) is 273 Å². The van der Waals surface area contributed by atoms with E-state index >= 15 is 4.79 Å². The second-order valence-corrected chi connectivity index (χ2v) is 29.4. The van der Waals surface area contributed by atoms with E-state index in [2.05, 4.69) is 40.7 Å². The summed E-state index contributed by atoms with van der Waals surface area (Å²) in [5.41, 5.74) is -2.09. The molecule has 0 bridgehead atoms. The van der Waals surface area contributed by atoms with Gasteiger partial charge in [0.25, 0.3) is 0 Å². The average molecular weight is 1280 g/mol. The van der Waals surface area contributed by atoms with Gasteiger partial charge < -0.3 is 129 Å². The van der Waals surface area contributed by atoms with Gasteiger partial charge >= 0.3 is 11.9 Å². The molecular weight excluding hydrogens is 1180 g/mol. The third kappa shape index (κ3) is 11.7. The monoisotopic (exact) mass is 1280 g/mol. The van der Waals surface area contributed by atoms with E-state index in [-0.39, 0.29) is 40.6 Å². The molecule has 5 aliphatic carbocycles. The number of rotatable bonds is 15. The summed E-state index contributed by atoms with van der Waals surface area (Å²) in [6.07, 6.45) is -32.1. The third-order valence-corrected chi connectivity index (χ3v) is 24.0. The second-order valence-electron chi connectivity index (χ2n) is 29.4. The predicted molar refractivity (Wildman–Crippen MR) is 299 cm³/mol. The quantitative estimate of drug-likeness (QED) is 0.0446. The number of fused-ring (bicyclic) bond motifs is 7. The molecule has 5 saturated heterocycles. The molecule has 0 spiro atoms. The minimum atomic E-state index is -1.90. The molecule has 28 heteroatoms. The Kier molecular flexibility index (Phi) is 20.1. The van der Waals surface area contributed by atoms with Crippen LogP contribution in [-0.2, 0) is 57.0 Å². The summed E-state index contributed by atoms with van der Waals surface area (Å²) < 4.78 is 59.3. The van der Waals surface area contributed by atoms with Crippen molar-refractivity contribution in [2.24, 2.45) is 56.2 Å². The van der Waals surface area contributed by atoms with E-state index < -0.39 is 207 Å². The van der Waals surface area contributed by atoms with Gasteiger partial charge in [0.15, 0.2) is 31.3 Å². The molecule has 0 aromatic rings. The predicted octanol–water partition coefficient (Wildman–Crippen LogP) is -2.84. The summed E-state index contributed by atoms with van der Waals surface area (Å²) in [4.78, 5) is 27.2. The fourth-order valence-corrected chi connectivity index (χ4v) is 18.1. The molecule has 16 N–H and O–H groups in total. The zero-order chi connectivity index (χ0) is 65.2. The molecule has 10 aliphatic rings. The van der Waals surface area contributed by atoms with Crippen LogP contribution in [0.4, 0.5) is 0 Å². The third-order valence-electron chi connectivity index (χ3n) is 24.0. The summed E-state index contributed by atoms with van der Waals surface area (Å²) in [5, 5.41) is 173. The Morgan fingerprint density at radius 2 is 1.12 bits per heavy atom. The van der Waals surface area contributed by atoms with Gasteiger partial charge in [-0.15, -0.1) is 0 Å². The number of aliphatic carboxylic acids is 1. The highest BCUT2D eigenvalue weighted by atomic mass is 16.8. The minimum absolute atomic E-state index is 0.0950. The van der Waals surface area contributed by atoms with Crippen LogP contribution in [-0.4, -0.2) is 274 Å². The summed E-state index contributed by atoms with van der Waals surface area (Å²) >= 11 is 0. The number of aliphatic hydroxyl groups is 15. The summed E-state index contributed by atoms with van der Waals surface area (Å²) in [6, 6.07) is 0. The lowest BCUT2D eigenvalue weighted by Gasteiger charge is -2.71. The van der Waals surface area contributed by atoms with Gasteiger partial charge in [-0.25, -0.2) is 4.79 Å². The highest BCUT2D eigenvalue weighted by molar-refractivity contribution is 5.79. The number of hydrogen-bond donors (Lipinski definition) is 16. The normalized spacial score (nSPS) is 54.1. The van der Waals surface area contributed by atoms with Crippen LogP contribution in [0.2, 0.25) is 0 Å². The van der Waals surface area contributed by atoms with Crippen molar-refractivity contribution in [1.29, 1.82) is 0 Å². The molecular formula is C61H98O28. The van der Waals surface area contributed by atoms with Crippen LogP contribution in [0, 0.1) is 56.2 Å². The van der Waals surface area contributed by atoms with Gasteiger partial charge in [0, 0.05) is 11.3 Å². The van der Waals surface area contributed by atoms with E-state index in [0.717, 1.165) is 12.0 Å². The Morgan fingerprint density at radius 3 is 1.76 bits per heavy atom. The summed E-state index contributed by atoms with van der Waals surface area (Å²) in [5.74, 6) is -3.45. The number of aliphatic hydroxyl groups excluding tert-OH is 15. The van der Waals surface area contributed by atoms with Gasteiger partial charge in [0.1, 0.15) is 97.7 Å². The second kappa shape index (κ2) is 25.7. The van der Waals surface area contributed by atoms with Gasteiger partial charge in [0.2, 0.25) is 6.29 Å². The van der Waals surface area contributed by atoms with E-state index in [1.54, 1.807) is 0 Å². The molecule has 510 valence electrons. The lowest BCUT2D eigenvalue weighted by Crippen LogP contribution is -2.67. The molecule has 4 saturated carbocycles. The zero-order valence-corrected chi connectivity index (χ0v) is 51.8. The Labute approximate surface area is 516 Å². The van der Waals surface area contributed by atoms with Crippen molar-refractivity contribution in [3.63, 3.8) is 0 Å². The Morgan fingerprint density at radius 1 is 0.551 bits per heavy atom. The highest BCUT2D eigenvalue weighted by Crippen LogP contribution is 2.76. The summed E-state index contributed by atoms with van der Waals surface area (Å²) in [6.45, 7) is 13.8. The fourth-order valence-electron chi connectivity index (χ4n) is 18.1. The summed E-state index contributed by atoms with van der Waals surface area (Å²) in [7, 11) is 0. The number of carboxylic acid groups (broad SMARTS) is 1. The Bertz CT molecular complexity index is 2520. The van der Waals surface area contributed by atoms with Crippen LogP contribution < -0.4 is 0 Å². The van der Waals surface area contributed by atoms with E-state index in [1.807, 2.05) is 6.92 Å². The van der Waals surface area contributed by atoms with Crippen molar-refractivity contribution in [2.75, 3.05) is 26.4 Å². The topological polar surface area (TPSA) is 450 Å². The molecule has 28 nitrogen and oxygen atoms in total. The molecule has 0 radical (unpaired) electrons. The Balaban J connectivity index is 0.808. The molecule has 34 unspecified atom stereocenters. The smallest absolute Gasteiger partial charge is 0.335 e. The number of carbonyl (C=O) groups is 2. The highest BCUT2D eigenvalue weighted by Gasteiger charge is 2.71. The molecule has 9 fully saturated rings. The van der Waals surface area contributed by atoms with Gasteiger partial charge in [-0.1, -0.05) is 60.1 Å². The number of ether oxygens (including phenoxy) is 10.